The van der Waals surface area contributed by atoms with Gasteiger partial charge in [0.1, 0.15) is 23.9 Å². The third kappa shape index (κ3) is 3.61. The minimum absolute atomic E-state index is 0.130. The maximum Gasteiger partial charge on any atom is 0.128 e. The summed E-state index contributed by atoms with van der Waals surface area (Å²) in [5.41, 5.74) is 6.93. The number of phenolic OH excluding ortho intramolecular Hbond substituents is 1. The van der Waals surface area contributed by atoms with Crippen LogP contribution in [0.15, 0.2) is 36.4 Å². The van der Waals surface area contributed by atoms with Crippen molar-refractivity contribution in [2.45, 2.75) is 0 Å². The minimum atomic E-state index is 0.130. The molecule has 2 aromatic rings. The van der Waals surface area contributed by atoms with Crippen molar-refractivity contribution in [1.82, 2.24) is 9.88 Å². The SMILES string of the molecule is CN(C)CCOc1ccc(-c2cccc(N)n2)c(O)c1. The van der Waals surface area contributed by atoms with Crippen molar-refractivity contribution >= 4 is 5.82 Å². The fourth-order valence-electron chi connectivity index (χ4n) is 1.77. The molecule has 1 aromatic heterocycles. The molecular weight excluding hydrogens is 254 g/mol. The van der Waals surface area contributed by atoms with Gasteiger partial charge in [0.25, 0.3) is 0 Å². The average Bonchev–Trinajstić information content (AvgIpc) is 2.38. The van der Waals surface area contributed by atoms with E-state index in [0.717, 1.165) is 6.54 Å². The van der Waals surface area contributed by atoms with E-state index in [1.54, 1.807) is 30.3 Å². The predicted molar refractivity (Wildman–Crippen MR) is 79.8 cm³/mol. The number of aromatic nitrogens is 1. The van der Waals surface area contributed by atoms with E-state index in [9.17, 15) is 5.11 Å². The molecule has 0 amide bonds. The quantitative estimate of drug-likeness (QED) is 0.871. The van der Waals surface area contributed by atoms with Crippen LogP contribution in [0.2, 0.25) is 0 Å². The van der Waals surface area contributed by atoms with Crippen LogP contribution in [-0.4, -0.2) is 42.2 Å². The number of nitrogens with two attached hydrogens (primary N) is 1. The van der Waals surface area contributed by atoms with Crippen LogP contribution >= 0.6 is 0 Å². The molecule has 0 saturated carbocycles. The van der Waals surface area contributed by atoms with Crippen molar-refractivity contribution in [1.29, 1.82) is 0 Å². The minimum Gasteiger partial charge on any atom is -0.507 e. The molecule has 0 atom stereocenters. The smallest absolute Gasteiger partial charge is 0.128 e. The number of likely N-dealkylation sites (N-methyl/N-ethyl adjacent to an activating group) is 1. The molecule has 20 heavy (non-hydrogen) atoms. The highest BCUT2D eigenvalue weighted by Gasteiger charge is 2.07. The van der Waals surface area contributed by atoms with Crippen LogP contribution in [0.25, 0.3) is 11.3 Å². The molecular formula is C15H19N3O2. The molecule has 3 N–H and O–H groups in total. The van der Waals surface area contributed by atoms with Gasteiger partial charge >= 0.3 is 0 Å². The highest BCUT2D eigenvalue weighted by Crippen LogP contribution is 2.31. The molecule has 0 radical (unpaired) electrons. The summed E-state index contributed by atoms with van der Waals surface area (Å²) in [6.45, 7) is 1.39. The van der Waals surface area contributed by atoms with E-state index in [0.29, 0.717) is 29.4 Å². The van der Waals surface area contributed by atoms with Crippen molar-refractivity contribution in [2.24, 2.45) is 0 Å². The molecule has 0 aliphatic heterocycles. The monoisotopic (exact) mass is 273 g/mol. The standard InChI is InChI=1S/C15H19N3O2/c1-18(2)8-9-20-11-6-7-12(14(19)10-11)13-4-3-5-15(16)17-13/h3-7,10,19H,8-9H2,1-2H3,(H2,16,17). The Morgan fingerprint density at radius 1 is 1.25 bits per heavy atom. The van der Waals surface area contributed by atoms with Crippen LogP contribution in [0.5, 0.6) is 11.5 Å². The Morgan fingerprint density at radius 3 is 2.70 bits per heavy atom. The maximum atomic E-state index is 10.1. The third-order valence-electron chi connectivity index (χ3n) is 2.82. The van der Waals surface area contributed by atoms with Gasteiger partial charge in [-0.15, -0.1) is 0 Å². The second-order valence-electron chi connectivity index (χ2n) is 4.78. The lowest BCUT2D eigenvalue weighted by Gasteiger charge is -2.12. The second kappa shape index (κ2) is 6.25. The number of benzene rings is 1. The molecule has 0 spiro atoms. The Hall–Kier alpha value is -2.27. The zero-order valence-electron chi connectivity index (χ0n) is 11.7. The first-order chi connectivity index (χ1) is 9.56. The summed E-state index contributed by atoms with van der Waals surface area (Å²) in [4.78, 5) is 6.22. The number of aromatic hydroxyl groups is 1. The number of phenols is 1. The van der Waals surface area contributed by atoms with Gasteiger partial charge in [-0.3, -0.25) is 0 Å². The Balaban J connectivity index is 2.14. The fourth-order valence-corrected chi connectivity index (χ4v) is 1.77. The number of nitrogen functional groups attached to an aromatic ring is 1. The van der Waals surface area contributed by atoms with Gasteiger partial charge in [-0.1, -0.05) is 6.07 Å². The lowest BCUT2D eigenvalue weighted by atomic mass is 10.1. The molecule has 5 nitrogen and oxygen atoms in total. The lowest BCUT2D eigenvalue weighted by molar-refractivity contribution is 0.260. The van der Waals surface area contributed by atoms with Crippen LogP contribution in [0.3, 0.4) is 0 Å². The van der Waals surface area contributed by atoms with E-state index in [4.69, 9.17) is 10.5 Å². The van der Waals surface area contributed by atoms with Crippen LogP contribution in [-0.2, 0) is 0 Å². The Kier molecular flexibility index (Phi) is 4.42. The molecule has 1 aromatic carbocycles. The number of nitrogens with zero attached hydrogens (tertiary/aromatic N) is 2. The van der Waals surface area contributed by atoms with E-state index >= 15 is 0 Å². The van der Waals surface area contributed by atoms with E-state index in [1.807, 2.05) is 25.1 Å². The molecule has 5 heteroatoms. The molecule has 0 bridgehead atoms. The van der Waals surface area contributed by atoms with Crippen molar-refractivity contribution in [2.75, 3.05) is 33.0 Å². The Labute approximate surface area is 118 Å². The molecule has 1 heterocycles. The number of anilines is 1. The summed E-state index contributed by atoms with van der Waals surface area (Å²) in [6.07, 6.45) is 0. The fraction of sp³-hybridized carbons (Fsp3) is 0.267. The number of ether oxygens (including phenoxy) is 1. The van der Waals surface area contributed by atoms with Crippen LogP contribution in [0.4, 0.5) is 5.82 Å². The number of hydrogen-bond acceptors (Lipinski definition) is 5. The average molecular weight is 273 g/mol. The lowest BCUT2D eigenvalue weighted by Crippen LogP contribution is -2.19. The number of rotatable bonds is 5. The van der Waals surface area contributed by atoms with Gasteiger partial charge in [-0.25, -0.2) is 4.98 Å². The first-order valence-corrected chi connectivity index (χ1v) is 6.40. The molecule has 0 aliphatic rings. The van der Waals surface area contributed by atoms with Gasteiger partial charge in [-0.2, -0.15) is 0 Å². The van der Waals surface area contributed by atoms with Crippen LogP contribution in [0.1, 0.15) is 0 Å². The highest BCUT2D eigenvalue weighted by atomic mass is 16.5. The zero-order valence-corrected chi connectivity index (χ0v) is 11.7. The first kappa shape index (κ1) is 14.1. The Morgan fingerprint density at radius 2 is 2.05 bits per heavy atom. The van der Waals surface area contributed by atoms with Crippen molar-refractivity contribution in [3.8, 4) is 22.8 Å². The second-order valence-corrected chi connectivity index (χ2v) is 4.78. The predicted octanol–water partition coefficient (Wildman–Crippen LogP) is 1.98. The van der Waals surface area contributed by atoms with Crippen LogP contribution < -0.4 is 10.5 Å². The molecule has 0 aliphatic carbocycles. The van der Waals surface area contributed by atoms with E-state index in [2.05, 4.69) is 4.98 Å². The van der Waals surface area contributed by atoms with Gasteiger partial charge in [0.2, 0.25) is 0 Å². The number of hydrogen-bond donors (Lipinski definition) is 2. The summed E-state index contributed by atoms with van der Waals surface area (Å²) in [5.74, 6) is 1.19. The summed E-state index contributed by atoms with van der Waals surface area (Å²) in [6, 6.07) is 10.5. The molecule has 0 saturated heterocycles. The number of pyridine rings is 1. The van der Waals surface area contributed by atoms with E-state index in [-0.39, 0.29) is 5.75 Å². The maximum absolute atomic E-state index is 10.1. The van der Waals surface area contributed by atoms with E-state index < -0.39 is 0 Å². The van der Waals surface area contributed by atoms with Crippen molar-refractivity contribution < 1.29 is 9.84 Å². The van der Waals surface area contributed by atoms with Gasteiger partial charge in [-0.05, 0) is 38.4 Å². The molecule has 0 unspecified atom stereocenters. The van der Waals surface area contributed by atoms with Crippen LogP contribution in [0, 0.1) is 0 Å². The third-order valence-corrected chi connectivity index (χ3v) is 2.82. The van der Waals surface area contributed by atoms with Crippen molar-refractivity contribution in [3.63, 3.8) is 0 Å². The summed E-state index contributed by atoms with van der Waals surface area (Å²) in [5, 5.41) is 10.1. The zero-order chi connectivity index (χ0) is 14.5. The van der Waals surface area contributed by atoms with Gasteiger partial charge in [0.05, 0.1) is 5.69 Å². The van der Waals surface area contributed by atoms with Crippen molar-refractivity contribution in [3.05, 3.63) is 36.4 Å². The summed E-state index contributed by atoms with van der Waals surface area (Å²) in [7, 11) is 3.96. The Bertz CT molecular complexity index is 585. The normalized spacial score (nSPS) is 10.8. The van der Waals surface area contributed by atoms with Gasteiger partial charge in [0, 0.05) is 18.2 Å². The van der Waals surface area contributed by atoms with Gasteiger partial charge < -0.3 is 20.5 Å². The summed E-state index contributed by atoms with van der Waals surface area (Å²) < 4.78 is 5.57. The molecule has 106 valence electrons. The molecule has 2 rings (SSSR count). The summed E-state index contributed by atoms with van der Waals surface area (Å²) >= 11 is 0. The van der Waals surface area contributed by atoms with Gasteiger partial charge in [0.15, 0.2) is 0 Å². The largest absolute Gasteiger partial charge is 0.507 e. The molecule has 0 fully saturated rings. The topological polar surface area (TPSA) is 71.6 Å². The highest BCUT2D eigenvalue weighted by molar-refractivity contribution is 5.68. The van der Waals surface area contributed by atoms with E-state index in [1.165, 1.54) is 0 Å². The first-order valence-electron chi connectivity index (χ1n) is 6.40.